The molecule has 0 aromatic rings. The first kappa shape index (κ1) is 14.2. The minimum atomic E-state index is -0.826. The van der Waals surface area contributed by atoms with Crippen molar-refractivity contribution in [1.29, 1.82) is 0 Å². The van der Waals surface area contributed by atoms with Crippen molar-refractivity contribution in [2.75, 3.05) is 33.0 Å². The molecule has 1 amide bonds. The van der Waals surface area contributed by atoms with Crippen molar-refractivity contribution in [3.05, 3.63) is 0 Å². The maximum Gasteiger partial charge on any atom is 0.404 e. The van der Waals surface area contributed by atoms with Crippen LogP contribution < -0.4 is 5.73 Å². The molecule has 6 nitrogen and oxygen atoms in total. The van der Waals surface area contributed by atoms with Gasteiger partial charge in [-0.05, 0) is 12.8 Å². The highest BCUT2D eigenvalue weighted by atomic mass is 16.5. The summed E-state index contributed by atoms with van der Waals surface area (Å²) in [5.74, 6) is -0.0545. The fourth-order valence-corrected chi connectivity index (χ4v) is 1.01. The quantitative estimate of drug-likeness (QED) is 0.455. The minimum Gasteiger partial charge on any atom is -0.449 e. The molecule has 90 valence electrons. The van der Waals surface area contributed by atoms with Gasteiger partial charge in [-0.3, -0.25) is 0 Å². The molecule has 15 heavy (non-hydrogen) atoms. The third-order valence-electron chi connectivity index (χ3n) is 1.80. The molecule has 1 atom stereocenters. The van der Waals surface area contributed by atoms with E-state index in [1.54, 1.807) is 0 Å². The third kappa shape index (κ3) is 9.45. The van der Waals surface area contributed by atoms with E-state index >= 15 is 0 Å². The van der Waals surface area contributed by atoms with Crippen molar-refractivity contribution >= 4 is 6.09 Å². The second kappa shape index (κ2) is 9.70. The van der Waals surface area contributed by atoms with E-state index in [0.717, 1.165) is 0 Å². The van der Waals surface area contributed by atoms with Gasteiger partial charge in [0.15, 0.2) is 0 Å². The zero-order chi connectivity index (χ0) is 11.5. The number of aliphatic hydroxyl groups excluding tert-OH is 2. The highest BCUT2D eigenvalue weighted by Crippen LogP contribution is 2.04. The van der Waals surface area contributed by atoms with E-state index in [1.807, 2.05) is 0 Å². The van der Waals surface area contributed by atoms with E-state index < -0.39 is 6.09 Å². The number of hydrogen-bond acceptors (Lipinski definition) is 5. The SMILES string of the molecule is NC(=O)OCC(CCO)COCCCO. The average Bonchev–Trinajstić information content (AvgIpc) is 2.20. The molecule has 4 N–H and O–H groups in total. The number of nitrogens with two attached hydrogens (primary N) is 1. The van der Waals surface area contributed by atoms with E-state index in [-0.39, 0.29) is 25.7 Å². The van der Waals surface area contributed by atoms with Crippen molar-refractivity contribution in [1.82, 2.24) is 0 Å². The Kier molecular flexibility index (Phi) is 9.15. The molecule has 0 saturated heterocycles. The predicted octanol–water partition coefficient (Wildman–Crippen LogP) is -0.521. The van der Waals surface area contributed by atoms with Gasteiger partial charge < -0.3 is 25.4 Å². The van der Waals surface area contributed by atoms with E-state index in [4.69, 9.17) is 20.7 Å². The van der Waals surface area contributed by atoms with Crippen LogP contribution in [0.4, 0.5) is 4.79 Å². The lowest BCUT2D eigenvalue weighted by atomic mass is 10.1. The second-order valence-electron chi connectivity index (χ2n) is 3.16. The summed E-state index contributed by atoms with van der Waals surface area (Å²) in [5, 5.41) is 17.2. The smallest absolute Gasteiger partial charge is 0.404 e. The van der Waals surface area contributed by atoms with Crippen LogP contribution >= 0.6 is 0 Å². The van der Waals surface area contributed by atoms with Gasteiger partial charge in [-0.1, -0.05) is 0 Å². The maximum atomic E-state index is 10.3. The van der Waals surface area contributed by atoms with Crippen LogP contribution in [-0.4, -0.2) is 49.3 Å². The molecule has 0 spiro atoms. The first-order chi connectivity index (χ1) is 7.20. The van der Waals surface area contributed by atoms with Gasteiger partial charge in [0.05, 0.1) is 13.2 Å². The van der Waals surface area contributed by atoms with Crippen LogP contribution in [0.1, 0.15) is 12.8 Å². The van der Waals surface area contributed by atoms with Crippen LogP contribution in [0.5, 0.6) is 0 Å². The minimum absolute atomic E-state index is 0.0101. The first-order valence-electron chi connectivity index (χ1n) is 4.92. The molecular formula is C9H19NO5. The van der Waals surface area contributed by atoms with Gasteiger partial charge in [0.25, 0.3) is 0 Å². The number of hydrogen-bond donors (Lipinski definition) is 3. The molecule has 1 unspecified atom stereocenters. The fraction of sp³-hybridized carbons (Fsp3) is 0.889. The Hall–Kier alpha value is -0.850. The van der Waals surface area contributed by atoms with Gasteiger partial charge in [-0.25, -0.2) is 4.79 Å². The first-order valence-corrected chi connectivity index (χ1v) is 4.92. The van der Waals surface area contributed by atoms with Crippen LogP contribution in [-0.2, 0) is 9.47 Å². The number of aliphatic hydroxyl groups is 2. The van der Waals surface area contributed by atoms with Crippen LogP contribution in [0.25, 0.3) is 0 Å². The molecule has 0 aromatic carbocycles. The van der Waals surface area contributed by atoms with Crippen molar-refractivity contribution in [3.8, 4) is 0 Å². The topological polar surface area (TPSA) is 102 Å². The molecule has 0 saturated carbocycles. The molecule has 0 aliphatic carbocycles. The van der Waals surface area contributed by atoms with Gasteiger partial charge >= 0.3 is 6.09 Å². The van der Waals surface area contributed by atoms with Gasteiger partial charge in [0, 0.05) is 25.7 Å². The molecule has 0 radical (unpaired) electrons. The van der Waals surface area contributed by atoms with Crippen LogP contribution in [0.2, 0.25) is 0 Å². The Bertz CT molecular complexity index is 165. The predicted molar refractivity (Wildman–Crippen MR) is 53.3 cm³/mol. The second-order valence-corrected chi connectivity index (χ2v) is 3.16. The summed E-state index contributed by atoms with van der Waals surface area (Å²) in [5.41, 5.74) is 4.82. The lowest BCUT2D eigenvalue weighted by molar-refractivity contribution is 0.0472. The molecule has 0 bridgehead atoms. The summed E-state index contributed by atoms with van der Waals surface area (Å²) in [6.45, 7) is 1.08. The number of rotatable bonds is 9. The Morgan fingerprint density at radius 3 is 2.53 bits per heavy atom. The average molecular weight is 221 g/mol. The molecular weight excluding hydrogens is 202 g/mol. The highest BCUT2D eigenvalue weighted by Gasteiger charge is 2.10. The van der Waals surface area contributed by atoms with Gasteiger partial charge in [0.2, 0.25) is 0 Å². The normalized spacial score (nSPS) is 12.4. The lowest BCUT2D eigenvalue weighted by Gasteiger charge is -2.15. The molecule has 0 rings (SSSR count). The summed E-state index contributed by atoms with van der Waals surface area (Å²) >= 11 is 0. The van der Waals surface area contributed by atoms with E-state index in [2.05, 4.69) is 4.74 Å². The van der Waals surface area contributed by atoms with E-state index in [0.29, 0.717) is 26.1 Å². The Morgan fingerprint density at radius 1 is 1.27 bits per heavy atom. The maximum absolute atomic E-state index is 10.3. The molecule has 6 heteroatoms. The zero-order valence-corrected chi connectivity index (χ0v) is 8.72. The van der Waals surface area contributed by atoms with Crippen LogP contribution in [0, 0.1) is 5.92 Å². The number of amides is 1. The number of primary amides is 1. The molecule has 0 aliphatic rings. The van der Waals surface area contributed by atoms with Crippen molar-refractivity contribution in [2.45, 2.75) is 12.8 Å². The zero-order valence-electron chi connectivity index (χ0n) is 8.72. The van der Waals surface area contributed by atoms with Crippen LogP contribution in [0.15, 0.2) is 0 Å². The summed E-state index contributed by atoms with van der Waals surface area (Å²) in [4.78, 5) is 10.3. The van der Waals surface area contributed by atoms with Gasteiger partial charge in [-0.15, -0.1) is 0 Å². The molecule has 0 fully saturated rings. The molecule has 0 aromatic heterocycles. The summed E-state index contributed by atoms with van der Waals surface area (Å²) in [6, 6.07) is 0. The van der Waals surface area contributed by atoms with Gasteiger partial charge in [0.1, 0.15) is 0 Å². The number of carbonyl (C=O) groups excluding carboxylic acids is 1. The highest BCUT2D eigenvalue weighted by molar-refractivity contribution is 5.64. The van der Waals surface area contributed by atoms with Crippen molar-refractivity contribution in [2.24, 2.45) is 11.7 Å². The Labute approximate surface area is 89.0 Å². The Morgan fingerprint density at radius 2 is 2.00 bits per heavy atom. The van der Waals surface area contributed by atoms with Crippen molar-refractivity contribution < 1.29 is 24.5 Å². The Balaban J connectivity index is 3.57. The van der Waals surface area contributed by atoms with Crippen molar-refractivity contribution in [3.63, 3.8) is 0 Å². The third-order valence-corrected chi connectivity index (χ3v) is 1.80. The van der Waals surface area contributed by atoms with Gasteiger partial charge in [-0.2, -0.15) is 0 Å². The van der Waals surface area contributed by atoms with E-state index in [9.17, 15) is 4.79 Å². The summed E-state index contributed by atoms with van der Waals surface area (Å²) in [6.07, 6.45) is 0.239. The number of carbonyl (C=O) groups is 1. The molecule has 0 aliphatic heterocycles. The summed E-state index contributed by atoms with van der Waals surface area (Å²) < 4.78 is 9.83. The largest absolute Gasteiger partial charge is 0.449 e. The lowest BCUT2D eigenvalue weighted by Crippen LogP contribution is -2.23. The van der Waals surface area contributed by atoms with Crippen LogP contribution in [0.3, 0.4) is 0 Å². The summed E-state index contributed by atoms with van der Waals surface area (Å²) in [7, 11) is 0. The fourth-order valence-electron chi connectivity index (χ4n) is 1.01. The molecule has 0 heterocycles. The number of ether oxygens (including phenoxy) is 2. The monoisotopic (exact) mass is 221 g/mol. The van der Waals surface area contributed by atoms with E-state index in [1.165, 1.54) is 0 Å². The standard InChI is InChI=1S/C9H19NO5/c10-9(13)15-7-8(2-4-12)6-14-5-1-3-11/h8,11-12H,1-7H2,(H2,10,13).